The van der Waals surface area contributed by atoms with Crippen molar-refractivity contribution in [1.82, 2.24) is 0 Å². The number of benzene rings is 2. The van der Waals surface area contributed by atoms with E-state index in [1.165, 1.54) is 21.6 Å². The Morgan fingerprint density at radius 3 is 2.25 bits per heavy atom. The largest absolute Gasteiger partial charge is 0.0651 e. The van der Waals surface area contributed by atoms with E-state index in [-0.39, 0.29) is 0 Å². The van der Waals surface area contributed by atoms with Crippen LogP contribution in [0.5, 0.6) is 0 Å². The highest BCUT2D eigenvalue weighted by Crippen LogP contribution is 2.27. The number of rotatable bonds is 1. The standard InChI is InChI=1S/C16H14/c1-12-15-10-6-5-9-14(15)11-16(12)13-7-3-2-4-8-13/h2-11,16H,1H3. The van der Waals surface area contributed by atoms with Crippen LogP contribution in [0.3, 0.4) is 0 Å². The number of hydrogen-bond acceptors (Lipinski definition) is 0. The lowest BCUT2D eigenvalue weighted by Gasteiger charge is -2.10. The molecule has 0 saturated heterocycles. The molecule has 1 unspecified atom stereocenters. The molecule has 0 N–H and O–H groups in total. The second-order valence-electron chi connectivity index (χ2n) is 4.33. The van der Waals surface area contributed by atoms with E-state index in [9.17, 15) is 0 Å². The molecule has 0 bridgehead atoms. The average molecular weight is 206 g/mol. The molecule has 16 heavy (non-hydrogen) atoms. The molecular weight excluding hydrogens is 192 g/mol. The van der Waals surface area contributed by atoms with Gasteiger partial charge in [0.1, 0.15) is 0 Å². The smallest absolute Gasteiger partial charge is 0.0243 e. The van der Waals surface area contributed by atoms with E-state index in [4.69, 9.17) is 0 Å². The van der Waals surface area contributed by atoms with E-state index >= 15 is 0 Å². The fourth-order valence-electron chi connectivity index (χ4n) is 2.48. The summed E-state index contributed by atoms with van der Waals surface area (Å²) in [6.07, 6.45) is 2.36. The summed E-state index contributed by atoms with van der Waals surface area (Å²) >= 11 is 0. The SMILES string of the molecule is CC1=c2ccccc2=CC1c1ccccc1. The van der Waals surface area contributed by atoms with Gasteiger partial charge in [-0.2, -0.15) is 0 Å². The Morgan fingerprint density at radius 2 is 1.50 bits per heavy atom. The van der Waals surface area contributed by atoms with E-state index in [0.29, 0.717) is 5.92 Å². The molecule has 1 atom stereocenters. The molecule has 1 aliphatic carbocycles. The average Bonchev–Trinajstić information content (AvgIpc) is 2.69. The van der Waals surface area contributed by atoms with Crippen molar-refractivity contribution in [1.29, 1.82) is 0 Å². The van der Waals surface area contributed by atoms with Crippen molar-refractivity contribution in [3.63, 3.8) is 0 Å². The van der Waals surface area contributed by atoms with Gasteiger partial charge in [-0.15, -0.1) is 0 Å². The van der Waals surface area contributed by atoms with Gasteiger partial charge in [0, 0.05) is 5.92 Å². The zero-order valence-corrected chi connectivity index (χ0v) is 9.35. The zero-order chi connectivity index (χ0) is 11.0. The van der Waals surface area contributed by atoms with E-state index < -0.39 is 0 Å². The molecule has 78 valence electrons. The highest BCUT2D eigenvalue weighted by Gasteiger charge is 2.15. The monoisotopic (exact) mass is 206 g/mol. The molecule has 3 rings (SSSR count). The third-order valence-electron chi connectivity index (χ3n) is 3.36. The first kappa shape index (κ1) is 9.41. The van der Waals surface area contributed by atoms with Crippen LogP contribution >= 0.6 is 0 Å². The second kappa shape index (κ2) is 3.64. The molecule has 0 heterocycles. The normalized spacial score (nSPS) is 18.1. The predicted molar refractivity (Wildman–Crippen MR) is 68.4 cm³/mol. The molecule has 0 fully saturated rings. The summed E-state index contributed by atoms with van der Waals surface area (Å²) in [5.41, 5.74) is 2.85. The lowest BCUT2D eigenvalue weighted by atomic mass is 9.94. The molecule has 0 heteroatoms. The molecule has 0 saturated carbocycles. The maximum Gasteiger partial charge on any atom is 0.0243 e. The van der Waals surface area contributed by atoms with Crippen molar-refractivity contribution < 1.29 is 0 Å². The molecule has 0 amide bonds. The van der Waals surface area contributed by atoms with Gasteiger partial charge in [0.2, 0.25) is 0 Å². The van der Waals surface area contributed by atoms with Crippen LogP contribution in [-0.2, 0) is 0 Å². The van der Waals surface area contributed by atoms with E-state index in [0.717, 1.165) is 0 Å². The van der Waals surface area contributed by atoms with Gasteiger partial charge in [-0.25, -0.2) is 0 Å². The molecule has 0 nitrogen and oxygen atoms in total. The fourth-order valence-corrected chi connectivity index (χ4v) is 2.48. The number of hydrogen-bond donors (Lipinski definition) is 0. The van der Waals surface area contributed by atoms with Gasteiger partial charge in [0.15, 0.2) is 0 Å². The van der Waals surface area contributed by atoms with Crippen LogP contribution in [0, 0.1) is 0 Å². The van der Waals surface area contributed by atoms with Crippen molar-refractivity contribution in [2.75, 3.05) is 0 Å². The summed E-state index contributed by atoms with van der Waals surface area (Å²) in [4.78, 5) is 0. The summed E-state index contributed by atoms with van der Waals surface area (Å²) in [5.74, 6) is 0.457. The van der Waals surface area contributed by atoms with Gasteiger partial charge >= 0.3 is 0 Å². The lowest BCUT2D eigenvalue weighted by molar-refractivity contribution is 1.16. The highest BCUT2D eigenvalue weighted by molar-refractivity contribution is 5.68. The first-order valence-electron chi connectivity index (χ1n) is 5.69. The topological polar surface area (TPSA) is 0 Å². The lowest BCUT2D eigenvalue weighted by Crippen LogP contribution is -2.21. The molecule has 0 aromatic heterocycles. The highest BCUT2D eigenvalue weighted by atomic mass is 14.2. The molecule has 0 spiro atoms. The van der Waals surface area contributed by atoms with Crippen LogP contribution < -0.4 is 10.4 Å². The van der Waals surface area contributed by atoms with Gasteiger partial charge in [-0.1, -0.05) is 66.2 Å². The Kier molecular flexibility index (Phi) is 2.14. The van der Waals surface area contributed by atoms with Gasteiger partial charge in [0.05, 0.1) is 0 Å². The molecule has 1 aliphatic rings. The molecule has 2 aromatic carbocycles. The van der Waals surface area contributed by atoms with Crippen molar-refractivity contribution in [2.24, 2.45) is 0 Å². The number of fused-ring (bicyclic) bond motifs is 1. The van der Waals surface area contributed by atoms with Crippen LogP contribution in [0.2, 0.25) is 0 Å². The summed E-state index contributed by atoms with van der Waals surface area (Å²) in [7, 11) is 0. The molecular formula is C16H14. The van der Waals surface area contributed by atoms with Crippen LogP contribution in [0.15, 0.2) is 54.6 Å². The minimum Gasteiger partial charge on any atom is -0.0651 e. The summed E-state index contributed by atoms with van der Waals surface area (Å²) < 4.78 is 0. The van der Waals surface area contributed by atoms with Gasteiger partial charge in [-0.05, 0) is 22.9 Å². The van der Waals surface area contributed by atoms with E-state index in [2.05, 4.69) is 67.6 Å². The Bertz CT molecular complexity index is 621. The van der Waals surface area contributed by atoms with Gasteiger partial charge < -0.3 is 0 Å². The third kappa shape index (κ3) is 1.38. The van der Waals surface area contributed by atoms with Crippen LogP contribution in [-0.4, -0.2) is 0 Å². The molecule has 2 aromatic rings. The maximum atomic E-state index is 2.36. The molecule has 0 aliphatic heterocycles. The Morgan fingerprint density at radius 1 is 0.812 bits per heavy atom. The summed E-state index contributed by atoms with van der Waals surface area (Å²) in [5, 5.41) is 2.77. The minimum absolute atomic E-state index is 0.457. The second-order valence-corrected chi connectivity index (χ2v) is 4.33. The van der Waals surface area contributed by atoms with Crippen LogP contribution in [0.1, 0.15) is 18.4 Å². The van der Waals surface area contributed by atoms with Gasteiger partial charge in [-0.3, -0.25) is 0 Å². The maximum absolute atomic E-state index is 2.36. The minimum atomic E-state index is 0.457. The van der Waals surface area contributed by atoms with Crippen LogP contribution in [0.4, 0.5) is 0 Å². The van der Waals surface area contributed by atoms with E-state index in [1.54, 1.807) is 0 Å². The Labute approximate surface area is 95.6 Å². The predicted octanol–water partition coefficient (Wildman–Crippen LogP) is 2.44. The van der Waals surface area contributed by atoms with Crippen molar-refractivity contribution in [3.8, 4) is 0 Å². The van der Waals surface area contributed by atoms with Crippen molar-refractivity contribution >= 4 is 11.6 Å². The fraction of sp³-hybridized carbons (Fsp3) is 0.125. The first-order chi connectivity index (χ1) is 7.86. The van der Waals surface area contributed by atoms with Gasteiger partial charge in [0.25, 0.3) is 0 Å². The summed E-state index contributed by atoms with van der Waals surface area (Å²) in [6.45, 7) is 2.24. The summed E-state index contributed by atoms with van der Waals surface area (Å²) in [6, 6.07) is 19.3. The first-order valence-corrected chi connectivity index (χ1v) is 5.69. The van der Waals surface area contributed by atoms with Crippen molar-refractivity contribution in [3.05, 3.63) is 70.6 Å². The van der Waals surface area contributed by atoms with Crippen molar-refractivity contribution in [2.45, 2.75) is 12.8 Å². The van der Waals surface area contributed by atoms with Crippen LogP contribution in [0.25, 0.3) is 11.6 Å². The Balaban J connectivity index is 2.20. The quantitative estimate of drug-likeness (QED) is 0.672. The van der Waals surface area contributed by atoms with E-state index in [1.807, 2.05) is 0 Å². The third-order valence-corrected chi connectivity index (χ3v) is 3.36. The Hall–Kier alpha value is -1.82. The molecule has 0 radical (unpaired) electrons. The zero-order valence-electron chi connectivity index (χ0n) is 9.35.